The van der Waals surface area contributed by atoms with Gasteiger partial charge in [0.1, 0.15) is 23.7 Å². The first-order valence-electron chi connectivity index (χ1n) is 13.0. The number of imidazole rings is 1. The first-order valence-corrected chi connectivity index (χ1v) is 13.0. The van der Waals surface area contributed by atoms with E-state index in [2.05, 4.69) is 25.6 Å². The number of aromatic nitrogens is 6. The van der Waals surface area contributed by atoms with Gasteiger partial charge in [0.25, 0.3) is 0 Å². The van der Waals surface area contributed by atoms with Crippen molar-refractivity contribution in [3.63, 3.8) is 0 Å². The normalized spacial score (nSPS) is 11.3. The molecule has 2 heterocycles. The van der Waals surface area contributed by atoms with Gasteiger partial charge in [-0.15, -0.1) is 5.10 Å². The van der Waals surface area contributed by atoms with Gasteiger partial charge in [0.15, 0.2) is 11.5 Å². The number of nitrogens with one attached hydrogen (secondary N) is 1. The number of esters is 1. The number of hydrogen-bond acceptors (Lipinski definition) is 11. The van der Waals surface area contributed by atoms with Gasteiger partial charge in [-0.25, -0.2) is 19.7 Å². The van der Waals surface area contributed by atoms with Gasteiger partial charge in [-0.05, 0) is 54.8 Å². The maximum atomic E-state index is 13.3. The molecule has 2 N–H and O–H groups in total. The third kappa shape index (κ3) is 7.13. The van der Waals surface area contributed by atoms with Gasteiger partial charge in [-0.1, -0.05) is 48.5 Å². The summed E-state index contributed by atoms with van der Waals surface area (Å²) in [6, 6.07) is 15.5. The maximum Gasteiger partial charge on any atom is 0.511 e. The molecule has 216 valence electrons. The lowest BCUT2D eigenvalue weighted by atomic mass is 9.98. The maximum absolute atomic E-state index is 13.3. The molecular formula is C28H32N6O7. The predicted octanol–water partition coefficient (Wildman–Crippen LogP) is 3.83. The summed E-state index contributed by atoms with van der Waals surface area (Å²) in [6.07, 6.45) is -0.963. The van der Waals surface area contributed by atoms with Crippen molar-refractivity contribution in [3.05, 3.63) is 71.3 Å². The Labute approximate surface area is 236 Å². The quantitative estimate of drug-likeness (QED) is 0.190. The molecular weight excluding hydrogens is 532 g/mol. The van der Waals surface area contributed by atoms with Crippen LogP contribution in [0.25, 0.3) is 22.5 Å². The summed E-state index contributed by atoms with van der Waals surface area (Å²) in [5.41, 5.74) is 2.23. The van der Waals surface area contributed by atoms with Gasteiger partial charge in [-0.2, -0.15) is 0 Å². The summed E-state index contributed by atoms with van der Waals surface area (Å²) >= 11 is 0. The number of rotatable bonds is 12. The summed E-state index contributed by atoms with van der Waals surface area (Å²) in [7, 11) is 0. The number of H-pyrrole nitrogens is 1. The number of carbonyl (C=O) groups excluding carboxylic acids is 2. The number of aromatic amines is 1. The Balaban J connectivity index is 1.66. The molecule has 0 fully saturated rings. The van der Waals surface area contributed by atoms with Crippen LogP contribution in [0.3, 0.4) is 0 Å². The van der Waals surface area contributed by atoms with E-state index in [-0.39, 0.29) is 31.1 Å². The Morgan fingerprint density at radius 1 is 0.976 bits per heavy atom. The van der Waals surface area contributed by atoms with E-state index in [1.54, 1.807) is 11.5 Å². The van der Waals surface area contributed by atoms with Crippen LogP contribution >= 0.6 is 0 Å². The van der Waals surface area contributed by atoms with E-state index in [0.29, 0.717) is 18.3 Å². The molecule has 0 aliphatic rings. The molecule has 4 aromatic rings. The van der Waals surface area contributed by atoms with E-state index in [1.807, 2.05) is 55.5 Å². The molecule has 0 unspecified atom stereocenters. The minimum atomic E-state index is -1.48. The predicted molar refractivity (Wildman–Crippen MR) is 145 cm³/mol. The molecule has 0 saturated carbocycles. The van der Waals surface area contributed by atoms with E-state index in [9.17, 15) is 14.7 Å². The van der Waals surface area contributed by atoms with Crippen molar-refractivity contribution >= 4 is 12.1 Å². The van der Waals surface area contributed by atoms with Crippen molar-refractivity contribution in [1.29, 1.82) is 0 Å². The fraction of sp³-hybridized carbons (Fsp3) is 0.357. The number of benzene rings is 2. The van der Waals surface area contributed by atoms with E-state index in [1.165, 1.54) is 13.8 Å². The van der Waals surface area contributed by atoms with Crippen molar-refractivity contribution in [1.82, 2.24) is 30.2 Å². The summed E-state index contributed by atoms with van der Waals surface area (Å²) < 4.78 is 21.9. The Kier molecular flexibility index (Phi) is 9.42. The van der Waals surface area contributed by atoms with Crippen molar-refractivity contribution in [2.24, 2.45) is 0 Å². The zero-order valence-corrected chi connectivity index (χ0v) is 23.3. The standard InChI is InChI=1S/C28H32N6O7/c1-5-38-16-22-29-24(28(3,4)37)23(26(35)40-17-41-27(36)39-6-2)34(22)15-18-11-13-19(14-12-18)20-9-7-8-10-21(20)25-30-32-33-31-25/h7-14,37H,5-6,15-17H2,1-4H3,(H,30,31,32,33). The zero-order valence-electron chi connectivity index (χ0n) is 23.3. The molecule has 4 rings (SSSR count). The second-order valence-electron chi connectivity index (χ2n) is 9.38. The van der Waals surface area contributed by atoms with Crippen LogP contribution in [-0.2, 0) is 37.7 Å². The summed E-state index contributed by atoms with van der Waals surface area (Å²) in [4.78, 5) is 29.3. The SMILES string of the molecule is CCOCc1nc(C(C)(C)O)c(C(=O)OCOC(=O)OCC)n1Cc1ccc(-c2ccccc2-c2nnn[nH]2)cc1. The van der Waals surface area contributed by atoms with Crippen LogP contribution in [0.15, 0.2) is 48.5 Å². The van der Waals surface area contributed by atoms with E-state index in [0.717, 1.165) is 22.3 Å². The van der Waals surface area contributed by atoms with Crippen LogP contribution < -0.4 is 0 Å². The molecule has 13 nitrogen and oxygen atoms in total. The summed E-state index contributed by atoms with van der Waals surface area (Å²) in [5, 5.41) is 25.0. The summed E-state index contributed by atoms with van der Waals surface area (Å²) in [6.45, 7) is 6.71. The van der Waals surface area contributed by atoms with Crippen molar-refractivity contribution in [2.45, 2.75) is 46.4 Å². The number of carbonyl (C=O) groups is 2. The molecule has 2 aromatic carbocycles. The minimum Gasteiger partial charge on any atom is -0.435 e. The van der Waals surface area contributed by atoms with Gasteiger partial charge in [0.05, 0.1) is 6.61 Å². The minimum absolute atomic E-state index is 0.0203. The molecule has 0 amide bonds. The monoisotopic (exact) mass is 564 g/mol. The van der Waals surface area contributed by atoms with Crippen molar-refractivity contribution in [3.8, 4) is 22.5 Å². The molecule has 0 bridgehead atoms. The fourth-order valence-corrected chi connectivity index (χ4v) is 4.15. The Morgan fingerprint density at radius 3 is 2.34 bits per heavy atom. The van der Waals surface area contributed by atoms with E-state index >= 15 is 0 Å². The van der Waals surface area contributed by atoms with Crippen LogP contribution in [-0.4, -0.2) is 67.4 Å². The number of tetrazole rings is 1. The third-order valence-electron chi connectivity index (χ3n) is 6.02. The third-order valence-corrected chi connectivity index (χ3v) is 6.02. The van der Waals surface area contributed by atoms with Crippen LogP contribution in [0.5, 0.6) is 0 Å². The zero-order chi connectivity index (χ0) is 29.4. The molecule has 0 saturated heterocycles. The molecule has 0 radical (unpaired) electrons. The highest BCUT2D eigenvalue weighted by Crippen LogP contribution is 2.31. The molecule has 0 aliphatic heterocycles. The van der Waals surface area contributed by atoms with Crippen LogP contribution in [0.4, 0.5) is 4.79 Å². The summed E-state index contributed by atoms with van der Waals surface area (Å²) in [5.74, 6) is 0.153. The lowest BCUT2D eigenvalue weighted by Gasteiger charge is -2.18. The number of nitrogens with zero attached hydrogens (tertiary/aromatic N) is 5. The average Bonchev–Trinajstić information content (AvgIpc) is 3.61. The molecule has 0 spiro atoms. The van der Waals surface area contributed by atoms with Gasteiger partial charge in [0.2, 0.25) is 6.79 Å². The lowest BCUT2D eigenvalue weighted by molar-refractivity contribution is -0.0275. The fourth-order valence-electron chi connectivity index (χ4n) is 4.15. The topological polar surface area (TPSA) is 164 Å². The van der Waals surface area contributed by atoms with E-state index in [4.69, 9.17) is 18.9 Å². The van der Waals surface area contributed by atoms with Gasteiger partial charge < -0.3 is 28.6 Å². The first kappa shape index (κ1) is 29.4. The number of ether oxygens (including phenoxy) is 4. The average molecular weight is 565 g/mol. The molecule has 2 aromatic heterocycles. The second-order valence-corrected chi connectivity index (χ2v) is 9.38. The van der Waals surface area contributed by atoms with Crippen molar-refractivity contribution < 1.29 is 33.6 Å². The highest BCUT2D eigenvalue weighted by Gasteiger charge is 2.33. The van der Waals surface area contributed by atoms with Crippen LogP contribution in [0, 0.1) is 0 Å². The molecule has 0 atom stereocenters. The number of aliphatic hydroxyl groups is 1. The Morgan fingerprint density at radius 2 is 1.71 bits per heavy atom. The molecule has 13 heteroatoms. The first-order chi connectivity index (χ1) is 19.7. The highest BCUT2D eigenvalue weighted by molar-refractivity contribution is 5.89. The van der Waals surface area contributed by atoms with Crippen LogP contribution in [0.2, 0.25) is 0 Å². The van der Waals surface area contributed by atoms with Crippen molar-refractivity contribution in [2.75, 3.05) is 20.0 Å². The smallest absolute Gasteiger partial charge is 0.435 e. The van der Waals surface area contributed by atoms with E-state index < -0.39 is 24.5 Å². The van der Waals surface area contributed by atoms with Crippen LogP contribution in [0.1, 0.15) is 55.3 Å². The molecule has 0 aliphatic carbocycles. The Bertz CT molecular complexity index is 1460. The Hall–Kier alpha value is -4.62. The number of hydrogen-bond donors (Lipinski definition) is 2. The van der Waals surface area contributed by atoms with Gasteiger partial charge >= 0.3 is 12.1 Å². The van der Waals surface area contributed by atoms with Gasteiger partial charge in [0, 0.05) is 18.7 Å². The lowest BCUT2D eigenvalue weighted by Crippen LogP contribution is -2.24. The largest absolute Gasteiger partial charge is 0.511 e. The second kappa shape index (κ2) is 13.2. The van der Waals surface area contributed by atoms with Gasteiger partial charge in [-0.3, -0.25) is 0 Å². The highest BCUT2D eigenvalue weighted by atomic mass is 16.8. The molecule has 41 heavy (non-hydrogen) atoms.